The van der Waals surface area contributed by atoms with Gasteiger partial charge >= 0.3 is 0 Å². The third-order valence-electron chi connectivity index (χ3n) is 2.21. The van der Waals surface area contributed by atoms with Gasteiger partial charge < -0.3 is 15.6 Å². The van der Waals surface area contributed by atoms with Crippen molar-refractivity contribution < 1.29 is 13.7 Å². The molecule has 0 radical (unpaired) electrons. The molecule has 0 spiro atoms. The van der Waals surface area contributed by atoms with Crippen molar-refractivity contribution in [1.82, 2.24) is 15.5 Å². The van der Waals surface area contributed by atoms with E-state index in [1.54, 1.807) is 6.92 Å². The maximum atomic E-state index is 13.4. The smallest absolute Gasteiger partial charge is 0.254 e. The van der Waals surface area contributed by atoms with Crippen molar-refractivity contribution in [3.63, 3.8) is 0 Å². The van der Waals surface area contributed by atoms with E-state index in [2.05, 4.69) is 15.5 Å². The summed E-state index contributed by atoms with van der Waals surface area (Å²) in [7, 11) is 0. The van der Waals surface area contributed by atoms with Gasteiger partial charge in [0.1, 0.15) is 5.82 Å². The van der Waals surface area contributed by atoms with Crippen LogP contribution >= 0.6 is 0 Å². The van der Waals surface area contributed by atoms with E-state index in [1.807, 2.05) is 0 Å². The number of hydrogen-bond donors (Lipinski definition) is 2. The summed E-state index contributed by atoms with van der Waals surface area (Å²) in [5, 5.41) is 6.04. The molecule has 6 nitrogen and oxygen atoms in total. The van der Waals surface area contributed by atoms with E-state index in [4.69, 9.17) is 10.3 Å². The average molecular weight is 250 g/mol. The van der Waals surface area contributed by atoms with Crippen LogP contribution < -0.4 is 11.1 Å². The Morgan fingerprint density at radius 2 is 2.33 bits per heavy atom. The number of nitrogens with two attached hydrogens (primary N) is 1. The molecule has 94 valence electrons. The van der Waals surface area contributed by atoms with Gasteiger partial charge in [0.2, 0.25) is 5.89 Å². The van der Waals surface area contributed by atoms with Gasteiger partial charge in [0.05, 0.1) is 12.1 Å². The quantitative estimate of drug-likeness (QED) is 0.793. The van der Waals surface area contributed by atoms with E-state index in [-0.39, 0.29) is 23.7 Å². The number of carbonyl (C=O) groups is 1. The van der Waals surface area contributed by atoms with Crippen molar-refractivity contribution in [1.29, 1.82) is 0 Å². The molecule has 1 heterocycles. The van der Waals surface area contributed by atoms with Crippen molar-refractivity contribution in [2.75, 3.05) is 5.73 Å². The second kappa shape index (κ2) is 4.82. The average Bonchev–Trinajstić information content (AvgIpc) is 2.72. The Balaban J connectivity index is 2.03. The van der Waals surface area contributed by atoms with E-state index in [9.17, 15) is 9.18 Å². The second-order valence-electron chi connectivity index (χ2n) is 3.66. The Kier molecular flexibility index (Phi) is 3.22. The number of halogens is 1. The highest BCUT2D eigenvalue weighted by molar-refractivity contribution is 5.94. The van der Waals surface area contributed by atoms with Gasteiger partial charge in [-0.25, -0.2) is 4.39 Å². The lowest BCUT2D eigenvalue weighted by molar-refractivity contribution is 0.0942. The Hall–Kier alpha value is -2.44. The second-order valence-corrected chi connectivity index (χ2v) is 3.66. The van der Waals surface area contributed by atoms with Crippen molar-refractivity contribution in [3.05, 3.63) is 41.3 Å². The van der Waals surface area contributed by atoms with Gasteiger partial charge in [-0.1, -0.05) is 5.16 Å². The van der Waals surface area contributed by atoms with Crippen LogP contribution in [0.4, 0.5) is 10.1 Å². The molecule has 0 aliphatic carbocycles. The van der Waals surface area contributed by atoms with E-state index in [1.165, 1.54) is 12.1 Å². The number of hydrogen-bond acceptors (Lipinski definition) is 5. The zero-order valence-corrected chi connectivity index (χ0v) is 9.61. The molecule has 2 aromatic rings. The van der Waals surface area contributed by atoms with Crippen LogP contribution in [-0.2, 0) is 6.54 Å². The highest BCUT2D eigenvalue weighted by Crippen LogP contribution is 2.11. The molecular formula is C11H11FN4O2. The molecule has 1 aromatic heterocycles. The summed E-state index contributed by atoms with van der Waals surface area (Å²) in [5.74, 6) is -0.507. The summed E-state index contributed by atoms with van der Waals surface area (Å²) in [6.45, 7) is 1.71. The minimum Gasteiger partial charge on any atom is -0.399 e. The van der Waals surface area contributed by atoms with E-state index in [0.717, 1.165) is 6.07 Å². The number of anilines is 1. The lowest BCUT2D eigenvalue weighted by Gasteiger charge is -2.04. The van der Waals surface area contributed by atoms with Crippen LogP contribution in [0.15, 0.2) is 22.7 Å². The van der Waals surface area contributed by atoms with Gasteiger partial charge in [0, 0.05) is 5.69 Å². The molecule has 3 N–H and O–H groups in total. The fourth-order valence-electron chi connectivity index (χ4n) is 1.38. The van der Waals surface area contributed by atoms with Crippen molar-refractivity contribution in [2.45, 2.75) is 13.5 Å². The first-order valence-electron chi connectivity index (χ1n) is 5.18. The van der Waals surface area contributed by atoms with Crippen LogP contribution in [0, 0.1) is 12.7 Å². The van der Waals surface area contributed by atoms with Crippen LogP contribution in [0.5, 0.6) is 0 Å². The zero-order chi connectivity index (χ0) is 13.1. The van der Waals surface area contributed by atoms with Crippen molar-refractivity contribution in [3.8, 4) is 0 Å². The first-order valence-corrected chi connectivity index (χ1v) is 5.18. The molecule has 1 amide bonds. The summed E-state index contributed by atoms with van der Waals surface area (Å²) in [6.07, 6.45) is 0. The summed E-state index contributed by atoms with van der Waals surface area (Å²) in [5.41, 5.74) is 5.57. The first-order chi connectivity index (χ1) is 8.56. The Morgan fingerprint density at radius 3 is 2.94 bits per heavy atom. The fourth-order valence-corrected chi connectivity index (χ4v) is 1.38. The third kappa shape index (κ3) is 2.62. The lowest BCUT2D eigenvalue weighted by Crippen LogP contribution is -2.24. The number of amides is 1. The maximum Gasteiger partial charge on any atom is 0.254 e. The Morgan fingerprint density at radius 1 is 1.56 bits per heavy atom. The van der Waals surface area contributed by atoms with Gasteiger partial charge in [-0.05, 0) is 25.1 Å². The van der Waals surface area contributed by atoms with Crippen LogP contribution in [0.1, 0.15) is 22.1 Å². The SMILES string of the molecule is Cc1noc(CNC(=O)c2ccc(N)cc2F)n1. The third-order valence-corrected chi connectivity index (χ3v) is 2.21. The Bertz CT molecular complexity index is 582. The number of nitrogens with zero attached hydrogens (tertiary/aromatic N) is 2. The normalized spacial score (nSPS) is 10.3. The molecule has 18 heavy (non-hydrogen) atoms. The topological polar surface area (TPSA) is 94.0 Å². The molecule has 0 fully saturated rings. The minimum atomic E-state index is -0.672. The van der Waals surface area contributed by atoms with E-state index in [0.29, 0.717) is 5.82 Å². The number of nitrogen functional groups attached to an aromatic ring is 1. The molecule has 0 aliphatic heterocycles. The largest absolute Gasteiger partial charge is 0.399 e. The number of carbonyl (C=O) groups excluding carboxylic acids is 1. The summed E-state index contributed by atoms with van der Waals surface area (Å²) >= 11 is 0. The van der Waals surface area contributed by atoms with Gasteiger partial charge in [-0.3, -0.25) is 4.79 Å². The molecule has 0 saturated carbocycles. The van der Waals surface area contributed by atoms with Gasteiger partial charge in [0.25, 0.3) is 5.91 Å². The summed E-state index contributed by atoms with van der Waals surface area (Å²) in [6, 6.07) is 3.86. The molecule has 0 bridgehead atoms. The predicted molar refractivity (Wildman–Crippen MR) is 61.0 cm³/mol. The predicted octanol–water partition coefficient (Wildman–Crippen LogP) is 1.03. The molecule has 0 saturated heterocycles. The van der Waals surface area contributed by atoms with Gasteiger partial charge in [-0.15, -0.1) is 0 Å². The number of aryl methyl sites for hydroxylation is 1. The van der Waals surface area contributed by atoms with Gasteiger partial charge in [0.15, 0.2) is 5.82 Å². The number of rotatable bonds is 3. The van der Waals surface area contributed by atoms with Gasteiger partial charge in [-0.2, -0.15) is 4.98 Å². The molecule has 1 aromatic carbocycles. The zero-order valence-electron chi connectivity index (χ0n) is 9.61. The minimum absolute atomic E-state index is 0.0451. The van der Waals surface area contributed by atoms with Crippen LogP contribution in [-0.4, -0.2) is 16.0 Å². The van der Waals surface area contributed by atoms with Crippen molar-refractivity contribution in [2.24, 2.45) is 0 Å². The molecule has 0 aliphatic rings. The number of benzene rings is 1. The van der Waals surface area contributed by atoms with E-state index >= 15 is 0 Å². The standard InChI is InChI=1S/C11H11FN4O2/c1-6-15-10(18-16-6)5-14-11(17)8-3-2-7(13)4-9(8)12/h2-4H,5,13H2,1H3,(H,14,17). The van der Waals surface area contributed by atoms with E-state index < -0.39 is 11.7 Å². The van der Waals surface area contributed by atoms with Crippen molar-refractivity contribution >= 4 is 11.6 Å². The van der Waals surface area contributed by atoms with Crippen LogP contribution in [0.25, 0.3) is 0 Å². The highest BCUT2D eigenvalue weighted by Gasteiger charge is 2.12. The molecule has 0 atom stereocenters. The first kappa shape index (κ1) is 12.0. The summed E-state index contributed by atoms with van der Waals surface area (Å²) in [4.78, 5) is 15.6. The Labute approximate surface area is 102 Å². The maximum absolute atomic E-state index is 13.4. The van der Waals surface area contributed by atoms with Crippen LogP contribution in [0.2, 0.25) is 0 Å². The molecule has 0 unspecified atom stereocenters. The lowest BCUT2D eigenvalue weighted by atomic mass is 10.2. The molecular weight excluding hydrogens is 239 g/mol. The number of aromatic nitrogens is 2. The fraction of sp³-hybridized carbons (Fsp3) is 0.182. The molecule has 7 heteroatoms. The summed E-state index contributed by atoms with van der Waals surface area (Å²) < 4.78 is 18.2. The van der Waals surface area contributed by atoms with Crippen LogP contribution in [0.3, 0.4) is 0 Å². The molecule has 2 rings (SSSR count). The highest BCUT2D eigenvalue weighted by atomic mass is 19.1. The number of nitrogens with one attached hydrogen (secondary N) is 1. The monoisotopic (exact) mass is 250 g/mol.